The van der Waals surface area contributed by atoms with E-state index in [0.717, 1.165) is 28.6 Å². The van der Waals surface area contributed by atoms with Gasteiger partial charge < -0.3 is 5.32 Å². The van der Waals surface area contributed by atoms with Gasteiger partial charge in [0.25, 0.3) is 0 Å². The number of benzene rings is 1. The number of carbonyl (C=O) groups is 1. The molecule has 0 bridgehead atoms. The molecule has 0 aliphatic rings. The van der Waals surface area contributed by atoms with Crippen LogP contribution in [0.25, 0.3) is 10.9 Å². The molecule has 0 aliphatic carbocycles. The Morgan fingerprint density at radius 1 is 1.37 bits per heavy atom. The van der Waals surface area contributed by atoms with Crippen molar-refractivity contribution in [3.63, 3.8) is 0 Å². The number of rotatable bonds is 5. The van der Waals surface area contributed by atoms with Gasteiger partial charge in [-0.1, -0.05) is 18.2 Å². The maximum absolute atomic E-state index is 11.4. The summed E-state index contributed by atoms with van der Waals surface area (Å²) in [7, 11) is 0. The van der Waals surface area contributed by atoms with Gasteiger partial charge in [0.2, 0.25) is 5.91 Å². The van der Waals surface area contributed by atoms with Gasteiger partial charge in [-0.15, -0.1) is 0 Å². The van der Waals surface area contributed by atoms with Crippen LogP contribution in [0.4, 0.5) is 0 Å². The molecular weight excluding hydrogens is 256 g/mol. The highest BCUT2D eigenvalue weighted by atomic mass is 32.2. The summed E-state index contributed by atoms with van der Waals surface area (Å²) in [6, 6.07) is 10.1. The molecule has 1 amide bonds. The third-order valence-corrected chi connectivity index (χ3v) is 3.69. The molecule has 1 atom stereocenters. The number of para-hydroxylation sites is 1. The Labute approximate surface area is 117 Å². The van der Waals surface area contributed by atoms with E-state index in [2.05, 4.69) is 22.6 Å². The van der Waals surface area contributed by atoms with E-state index in [4.69, 9.17) is 0 Å². The van der Waals surface area contributed by atoms with E-state index in [1.807, 2.05) is 30.5 Å². The van der Waals surface area contributed by atoms with Crippen molar-refractivity contribution in [1.29, 1.82) is 0 Å². The van der Waals surface area contributed by atoms with Crippen molar-refractivity contribution >= 4 is 28.6 Å². The molecule has 100 valence electrons. The lowest BCUT2D eigenvalue weighted by Crippen LogP contribution is -2.26. The standard InChI is InChI=1S/C15H18N2OS/c1-11(18)17-15(8-10-19-2)13-7-9-16-14-6-4-3-5-12(13)14/h3-7,9,15H,8,10H2,1-2H3,(H,17,18). The maximum atomic E-state index is 11.4. The Bertz CT molecular complexity index is 566. The molecule has 0 saturated heterocycles. The fraction of sp³-hybridized carbons (Fsp3) is 0.333. The van der Waals surface area contributed by atoms with Crippen LogP contribution in [0, 0.1) is 0 Å². The van der Waals surface area contributed by atoms with E-state index in [1.165, 1.54) is 0 Å². The van der Waals surface area contributed by atoms with E-state index in [-0.39, 0.29) is 11.9 Å². The molecule has 0 aliphatic heterocycles. The second-order valence-corrected chi connectivity index (χ2v) is 5.44. The van der Waals surface area contributed by atoms with E-state index in [0.29, 0.717) is 0 Å². The zero-order valence-electron chi connectivity index (χ0n) is 11.2. The van der Waals surface area contributed by atoms with Crippen molar-refractivity contribution in [2.24, 2.45) is 0 Å². The number of nitrogens with zero attached hydrogens (tertiary/aromatic N) is 1. The predicted octanol–water partition coefficient (Wildman–Crippen LogP) is 3.17. The van der Waals surface area contributed by atoms with Crippen LogP contribution in [-0.2, 0) is 4.79 Å². The first-order chi connectivity index (χ1) is 9.22. The largest absolute Gasteiger partial charge is 0.349 e. The minimum Gasteiger partial charge on any atom is -0.349 e. The molecule has 1 unspecified atom stereocenters. The lowest BCUT2D eigenvalue weighted by molar-refractivity contribution is -0.119. The Hall–Kier alpha value is -1.55. The van der Waals surface area contributed by atoms with Gasteiger partial charge in [0.05, 0.1) is 11.6 Å². The lowest BCUT2D eigenvalue weighted by Gasteiger charge is -2.19. The summed E-state index contributed by atoms with van der Waals surface area (Å²) >= 11 is 1.79. The van der Waals surface area contributed by atoms with Crippen molar-refractivity contribution in [2.45, 2.75) is 19.4 Å². The SMILES string of the molecule is CSCCC(NC(C)=O)c1ccnc2ccccc12. The third kappa shape index (κ3) is 3.47. The van der Waals surface area contributed by atoms with Gasteiger partial charge in [-0.3, -0.25) is 9.78 Å². The minimum atomic E-state index is 0.00648. The number of nitrogens with one attached hydrogen (secondary N) is 1. The number of aromatic nitrogens is 1. The van der Waals surface area contributed by atoms with Gasteiger partial charge in [0, 0.05) is 18.5 Å². The van der Waals surface area contributed by atoms with Crippen molar-refractivity contribution in [3.05, 3.63) is 42.1 Å². The number of thioether (sulfide) groups is 1. The van der Waals surface area contributed by atoms with Gasteiger partial charge >= 0.3 is 0 Å². The highest BCUT2D eigenvalue weighted by molar-refractivity contribution is 7.98. The minimum absolute atomic E-state index is 0.00648. The first-order valence-electron chi connectivity index (χ1n) is 6.32. The van der Waals surface area contributed by atoms with Crippen LogP contribution in [0.15, 0.2) is 36.5 Å². The second-order valence-electron chi connectivity index (χ2n) is 4.45. The maximum Gasteiger partial charge on any atom is 0.217 e. The summed E-state index contributed by atoms with van der Waals surface area (Å²) < 4.78 is 0. The molecule has 1 aromatic carbocycles. The molecule has 1 aromatic heterocycles. The van der Waals surface area contributed by atoms with E-state index in [9.17, 15) is 4.79 Å². The average molecular weight is 274 g/mol. The predicted molar refractivity (Wildman–Crippen MR) is 81.3 cm³/mol. The van der Waals surface area contributed by atoms with Crippen LogP contribution in [0.5, 0.6) is 0 Å². The lowest BCUT2D eigenvalue weighted by atomic mass is 10.00. The molecule has 2 aromatic rings. The molecular formula is C15H18N2OS. The summed E-state index contributed by atoms with van der Waals surface area (Å²) in [5.74, 6) is 1.02. The van der Waals surface area contributed by atoms with Gasteiger partial charge in [0.1, 0.15) is 0 Å². The second kappa shape index (κ2) is 6.57. The average Bonchev–Trinajstić information content (AvgIpc) is 2.42. The van der Waals surface area contributed by atoms with Crippen molar-refractivity contribution in [3.8, 4) is 0 Å². The molecule has 3 nitrogen and oxygen atoms in total. The molecule has 0 spiro atoms. The molecule has 4 heteroatoms. The topological polar surface area (TPSA) is 42.0 Å². The van der Waals surface area contributed by atoms with Crippen molar-refractivity contribution in [2.75, 3.05) is 12.0 Å². The molecule has 0 fully saturated rings. The van der Waals surface area contributed by atoms with Crippen molar-refractivity contribution in [1.82, 2.24) is 10.3 Å². The summed E-state index contributed by atoms with van der Waals surface area (Å²) in [4.78, 5) is 15.8. The van der Waals surface area contributed by atoms with Crippen LogP contribution in [0.2, 0.25) is 0 Å². The Balaban J connectivity index is 2.39. The van der Waals surface area contributed by atoms with Gasteiger partial charge in [0.15, 0.2) is 0 Å². The van der Waals surface area contributed by atoms with Crippen LogP contribution >= 0.6 is 11.8 Å². The zero-order chi connectivity index (χ0) is 13.7. The zero-order valence-corrected chi connectivity index (χ0v) is 12.0. The third-order valence-electron chi connectivity index (χ3n) is 3.05. The quantitative estimate of drug-likeness (QED) is 0.910. The fourth-order valence-electron chi connectivity index (χ4n) is 2.21. The molecule has 1 N–H and O–H groups in total. The number of pyridine rings is 1. The molecule has 0 saturated carbocycles. The Kier molecular flexibility index (Phi) is 4.80. The Morgan fingerprint density at radius 3 is 2.89 bits per heavy atom. The Morgan fingerprint density at radius 2 is 2.16 bits per heavy atom. The van der Waals surface area contributed by atoms with Gasteiger partial charge in [-0.25, -0.2) is 0 Å². The normalized spacial score (nSPS) is 12.3. The number of fused-ring (bicyclic) bond motifs is 1. The van der Waals surface area contributed by atoms with E-state index in [1.54, 1.807) is 18.7 Å². The smallest absolute Gasteiger partial charge is 0.217 e. The number of amides is 1. The molecule has 19 heavy (non-hydrogen) atoms. The summed E-state index contributed by atoms with van der Waals surface area (Å²) in [6.07, 6.45) is 4.82. The van der Waals surface area contributed by atoms with Crippen molar-refractivity contribution < 1.29 is 4.79 Å². The van der Waals surface area contributed by atoms with Crippen LogP contribution in [-0.4, -0.2) is 22.9 Å². The highest BCUT2D eigenvalue weighted by Gasteiger charge is 2.15. The first kappa shape index (κ1) is 13.9. The van der Waals surface area contributed by atoms with Gasteiger partial charge in [-0.2, -0.15) is 11.8 Å². The molecule has 1 heterocycles. The van der Waals surface area contributed by atoms with Gasteiger partial charge in [-0.05, 0) is 36.1 Å². The first-order valence-corrected chi connectivity index (χ1v) is 7.71. The van der Waals surface area contributed by atoms with Crippen LogP contribution in [0.3, 0.4) is 0 Å². The fourth-order valence-corrected chi connectivity index (χ4v) is 2.68. The summed E-state index contributed by atoms with van der Waals surface area (Å²) in [5, 5.41) is 4.16. The highest BCUT2D eigenvalue weighted by Crippen LogP contribution is 2.25. The monoisotopic (exact) mass is 274 g/mol. The van der Waals surface area contributed by atoms with E-state index < -0.39 is 0 Å². The van der Waals surface area contributed by atoms with Crippen LogP contribution in [0.1, 0.15) is 24.9 Å². The number of carbonyl (C=O) groups excluding carboxylic acids is 1. The number of hydrogen-bond donors (Lipinski definition) is 1. The summed E-state index contributed by atoms with van der Waals surface area (Å²) in [6.45, 7) is 1.56. The van der Waals surface area contributed by atoms with E-state index >= 15 is 0 Å². The summed E-state index contributed by atoms with van der Waals surface area (Å²) in [5.41, 5.74) is 2.12. The molecule has 2 rings (SSSR count). The van der Waals surface area contributed by atoms with Crippen LogP contribution < -0.4 is 5.32 Å². The number of hydrogen-bond acceptors (Lipinski definition) is 3. The molecule has 0 radical (unpaired) electrons.